The average Bonchev–Trinajstić information content (AvgIpc) is 3.48. The summed E-state index contributed by atoms with van der Waals surface area (Å²) in [5.74, 6) is 1.27. The van der Waals surface area contributed by atoms with Crippen LogP contribution in [0.3, 0.4) is 0 Å². The Morgan fingerprint density at radius 1 is 1.40 bits per heavy atom. The second kappa shape index (κ2) is 7.14. The molecular weight excluding hydrogens is 398 g/mol. The number of fused-ring (bicyclic) bond motifs is 2. The van der Waals surface area contributed by atoms with Gasteiger partial charge in [-0.1, -0.05) is 18.7 Å². The van der Waals surface area contributed by atoms with Crippen molar-refractivity contribution in [3.05, 3.63) is 49.4 Å². The Kier molecular flexibility index (Phi) is 4.43. The van der Waals surface area contributed by atoms with E-state index in [1.165, 1.54) is 12.4 Å². The molecule has 0 radical (unpaired) electrons. The topological polar surface area (TPSA) is 86.3 Å². The molecule has 4 heterocycles. The zero-order valence-corrected chi connectivity index (χ0v) is 17.4. The van der Waals surface area contributed by atoms with E-state index in [1.54, 1.807) is 18.4 Å². The Morgan fingerprint density at radius 2 is 2.27 bits per heavy atom. The standard InChI is InChI=1S/C22H21N5O2S/c1-3-18(28)26-8-7-14(10-26)27-11-15(19-21(23)24-12-25-22(19)27)17-9-13-5-4-6-16(29-2)20(13)30-17/h3-6,9,11-12,14H,1,7-8,10H2,2H3,(H2,23,24,25)/t14-/m0/s1. The summed E-state index contributed by atoms with van der Waals surface area (Å²) in [5, 5.41) is 1.96. The van der Waals surface area contributed by atoms with Crippen molar-refractivity contribution in [3.63, 3.8) is 0 Å². The SMILES string of the molecule is C=CC(=O)N1CC[C@H](n2cc(-c3cc4cccc(OC)c4s3)c3c(N)ncnc32)C1. The molecule has 0 bridgehead atoms. The summed E-state index contributed by atoms with van der Waals surface area (Å²) in [6.07, 6.45) is 5.81. The third-order valence-electron chi connectivity index (χ3n) is 5.68. The molecule has 8 heteroatoms. The van der Waals surface area contributed by atoms with Gasteiger partial charge in [0, 0.05) is 29.7 Å². The predicted octanol–water partition coefficient (Wildman–Crippen LogP) is 3.86. The first kappa shape index (κ1) is 18.6. The van der Waals surface area contributed by atoms with Crippen LogP contribution in [0.25, 0.3) is 31.6 Å². The van der Waals surface area contributed by atoms with Gasteiger partial charge in [0.2, 0.25) is 5.91 Å². The number of ether oxygens (including phenoxy) is 1. The molecule has 1 aliphatic heterocycles. The number of carbonyl (C=O) groups is 1. The number of benzene rings is 1. The van der Waals surface area contributed by atoms with Gasteiger partial charge >= 0.3 is 0 Å². The van der Waals surface area contributed by atoms with Crippen molar-refractivity contribution < 1.29 is 9.53 Å². The van der Waals surface area contributed by atoms with E-state index in [1.807, 2.05) is 17.0 Å². The molecule has 2 N–H and O–H groups in total. The monoisotopic (exact) mass is 419 g/mol. The highest BCUT2D eigenvalue weighted by atomic mass is 32.1. The lowest BCUT2D eigenvalue weighted by atomic mass is 10.1. The number of likely N-dealkylation sites (tertiary alicyclic amines) is 1. The molecule has 152 valence electrons. The van der Waals surface area contributed by atoms with E-state index in [9.17, 15) is 4.79 Å². The van der Waals surface area contributed by atoms with Crippen LogP contribution < -0.4 is 10.5 Å². The third kappa shape index (κ3) is 2.83. The molecule has 1 atom stereocenters. The minimum atomic E-state index is -0.0417. The Hall–Kier alpha value is -3.39. The molecule has 0 aliphatic carbocycles. The van der Waals surface area contributed by atoms with E-state index in [0.29, 0.717) is 18.9 Å². The highest BCUT2D eigenvalue weighted by Crippen LogP contribution is 2.43. The minimum absolute atomic E-state index is 0.0417. The Labute approximate surface area is 177 Å². The summed E-state index contributed by atoms with van der Waals surface area (Å²) in [6, 6.07) is 8.31. The Morgan fingerprint density at radius 3 is 3.07 bits per heavy atom. The predicted molar refractivity (Wildman–Crippen MR) is 120 cm³/mol. The fourth-order valence-electron chi connectivity index (χ4n) is 4.20. The molecule has 1 fully saturated rings. The van der Waals surface area contributed by atoms with Crippen LogP contribution >= 0.6 is 11.3 Å². The van der Waals surface area contributed by atoms with Gasteiger partial charge < -0.3 is 19.9 Å². The van der Waals surface area contributed by atoms with Crippen molar-refractivity contribution in [3.8, 4) is 16.2 Å². The van der Waals surface area contributed by atoms with Crippen molar-refractivity contribution >= 4 is 44.2 Å². The molecule has 30 heavy (non-hydrogen) atoms. The molecule has 0 spiro atoms. The first-order valence-electron chi connectivity index (χ1n) is 9.70. The van der Waals surface area contributed by atoms with Gasteiger partial charge in [0.05, 0.1) is 23.2 Å². The van der Waals surface area contributed by atoms with Crippen LogP contribution in [0.4, 0.5) is 5.82 Å². The quantitative estimate of drug-likeness (QED) is 0.508. The first-order chi connectivity index (χ1) is 14.6. The largest absolute Gasteiger partial charge is 0.495 e. The van der Waals surface area contributed by atoms with E-state index < -0.39 is 0 Å². The van der Waals surface area contributed by atoms with Crippen molar-refractivity contribution in [1.82, 2.24) is 19.4 Å². The molecule has 1 aliphatic rings. The maximum absolute atomic E-state index is 12.0. The average molecular weight is 420 g/mol. The number of hydrogen-bond donors (Lipinski definition) is 1. The maximum Gasteiger partial charge on any atom is 0.246 e. The van der Waals surface area contributed by atoms with Crippen LogP contribution in [0.5, 0.6) is 5.75 Å². The van der Waals surface area contributed by atoms with Crippen LogP contribution in [-0.2, 0) is 4.79 Å². The molecule has 7 nitrogen and oxygen atoms in total. The Bertz CT molecular complexity index is 1290. The number of carbonyl (C=O) groups excluding carboxylic acids is 1. The molecule has 0 saturated carbocycles. The number of rotatable bonds is 4. The Balaban J connectivity index is 1.65. The summed E-state index contributed by atoms with van der Waals surface area (Å²) >= 11 is 1.66. The van der Waals surface area contributed by atoms with Gasteiger partial charge in [-0.2, -0.15) is 0 Å². The fraction of sp³-hybridized carbons (Fsp3) is 0.227. The number of nitrogens with two attached hydrogens (primary N) is 1. The van der Waals surface area contributed by atoms with Gasteiger partial charge in [0.25, 0.3) is 0 Å². The van der Waals surface area contributed by atoms with Gasteiger partial charge in [0.15, 0.2) is 0 Å². The second-order valence-electron chi connectivity index (χ2n) is 7.33. The number of hydrogen-bond acceptors (Lipinski definition) is 6. The van der Waals surface area contributed by atoms with Gasteiger partial charge in [0.1, 0.15) is 23.5 Å². The van der Waals surface area contributed by atoms with E-state index in [-0.39, 0.29) is 11.9 Å². The van der Waals surface area contributed by atoms with E-state index in [4.69, 9.17) is 10.5 Å². The lowest BCUT2D eigenvalue weighted by Crippen LogP contribution is -2.27. The smallest absolute Gasteiger partial charge is 0.246 e. The number of nitrogen functional groups attached to an aromatic ring is 1. The van der Waals surface area contributed by atoms with Crippen LogP contribution in [0.1, 0.15) is 12.5 Å². The summed E-state index contributed by atoms with van der Waals surface area (Å²) < 4.78 is 8.76. The number of methoxy groups -OCH3 is 1. The molecular formula is C22H21N5O2S. The first-order valence-corrected chi connectivity index (χ1v) is 10.5. The van der Waals surface area contributed by atoms with Crippen LogP contribution in [0.2, 0.25) is 0 Å². The van der Waals surface area contributed by atoms with Gasteiger partial charge in [-0.25, -0.2) is 9.97 Å². The number of aromatic nitrogens is 3. The summed E-state index contributed by atoms with van der Waals surface area (Å²) in [5.41, 5.74) is 8.08. The van der Waals surface area contributed by atoms with E-state index in [2.05, 4.69) is 39.4 Å². The van der Waals surface area contributed by atoms with Crippen molar-refractivity contribution in [1.29, 1.82) is 0 Å². The molecule has 1 amide bonds. The van der Waals surface area contributed by atoms with E-state index >= 15 is 0 Å². The third-order valence-corrected chi connectivity index (χ3v) is 6.87. The van der Waals surface area contributed by atoms with Crippen LogP contribution in [0.15, 0.2) is 49.4 Å². The van der Waals surface area contributed by atoms with Crippen LogP contribution in [0, 0.1) is 0 Å². The van der Waals surface area contributed by atoms with Crippen LogP contribution in [-0.4, -0.2) is 45.5 Å². The minimum Gasteiger partial charge on any atom is -0.495 e. The summed E-state index contributed by atoms with van der Waals surface area (Å²) in [4.78, 5) is 23.7. The molecule has 1 aromatic carbocycles. The van der Waals surface area contributed by atoms with Crippen molar-refractivity contribution in [2.24, 2.45) is 0 Å². The lowest BCUT2D eigenvalue weighted by Gasteiger charge is -2.15. The lowest BCUT2D eigenvalue weighted by molar-refractivity contribution is -0.125. The fourth-order valence-corrected chi connectivity index (χ4v) is 5.37. The van der Waals surface area contributed by atoms with Crippen molar-refractivity contribution in [2.45, 2.75) is 12.5 Å². The molecule has 1 saturated heterocycles. The maximum atomic E-state index is 12.0. The highest BCUT2D eigenvalue weighted by molar-refractivity contribution is 7.22. The number of thiophene rings is 1. The van der Waals surface area contributed by atoms with Crippen molar-refractivity contribution in [2.75, 3.05) is 25.9 Å². The highest BCUT2D eigenvalue weighted by Gasteiger charge is 2.29. The summed E-state index contributed by atoms with van der Waals surface area (Å²) in [7, 11) is 1.68. The summed E-state index contributed by atoms with van der Waals surface area (Å²) in [6.45, 7) is 4.92. The zero-order chi connectivity index (χ0) is 20.8. The number of anilines is 1. The number of nitrogens with zero attached hydrogens (tertiary/aromatic N) is 4. The molecule has 0 unspecified atom stereocenters. The normalized spacial score (nSPS) is 16.4. The number of amides is 1. The van der Waals surface area contributed by atoms with E-state index in [0.717, 1.165) is 43.7 Å². The second-order valence-corrected chi connectivity index (χ2v) is 8.38. The zero-order valence-electron chi connectivity index (χ0n) is 16.5. The molecule has 5 rings (SSSR count). The van der Waals surface area contributed by atoms with Gasteiger partial charge in [-0.3, -0.25) is 4.79 Å². The van der Waals surface area contributed by atoms with Gasteiger partial charge in [-0.05, 0) is 30.0 Å². The molecule has 3 aromatic heterocycles. The van der Waals surface area contributed by atoms with Gasteiger partial charge in [-0.15, -0.1) is 11.3 Å². The molecule has 4 aromatic rings.